The Morgan fingerprint density at radius 2 is 2.05 bits per heavy atom. The van der Waals surface area contributed by atoms with Gasteiger partial charge in [0.25, 0.3) is 0 Å². The van der Waals surface area contributed by atoms with Crippen molar-refractivity contribution >= 4 is 27.7 Å². The summed E-state index contributed by atoms with van der Waals surface area (Å²) in [6.07, 6.45) is 4.77. The third-order valence-corrected chi connectivity index (χ3v) is 5.13. The number of hydrogen-bond acceptors (Lipinski definition) is 3. The van der Waals surface area contributed by atoms with E-state index in [1.807, 2.05) is 19.1 Å². The summed E-state index contributed by atoms with van der Waals surface area (Å²) in [5.74, 6) is 0.0924. The number of sulfonamides is 1. The molecule has 1 aromatic rings. The molecule has 1 heterocycles. The largest absolute Gasteiger partial charge is 0.353 e. The lowest BCUT2D eigenvalue weighted by Gasteiger charge is -2.16. The third kappa shape index (κ3) is 4.07. The van der Waals surface area contributed by atoms with Crippen LogP contribution in [0.2, 0.25) is 0 Å². The summed E-state index contributed by atoms with van der Waals surface area (Å²) in [5.41, 5.74) is 1.54. The first-order valence-electron chi connectivity index (χ1n) is 7.09. The van der Waals surface area contributed by atoms with Crippen LogP contribution in [0.25, 0.3) is 6.08 Å². The van der Waals surface area contributed by atoms with Crippen molar-refractivity contribution < 1.29 is 13.2 Å². The molecule has 1 fully saturated rings. The number of nitrogens with one attached hydrogen (secondary N) is 1. The Morgan fingerprint density at radius 1 is 1.33 bits per heavy atom. The maximum atomic E-state index is 11.8. The van der Waals surface area contributed by atoms with Crippen LogP contribution in [0, 0.1) is 0 Å². The molecule has 5 nitrogen and oxygen atoms in total. The van der Waals surface area contributed by atoms with Crippen molar-refractivity contribution in [2.24, 2.45) is 0 Å². The smallest absolute Gasteiger partial charge is 0.243 e. The van der Waals surface area contributed by atoms with Gasteiger partial charge in [-0.15, -0.1) is 0 Å². The minimum absolute atomic E-state index is 0.122. The Hall–Kier alpha value is -1.82. The monoisotopic (exact) mass is 308 g/mol. The van der Waals surface area contributed by atoms with E-state index in [1.165, 1.54) is 10.4 Å². The molecular weight excluding hydrogens is 288 g/mol. The molecule has 0 aromatic heterocycles. The molecule has 1 aliphatic rings. The molecule has 6 heteroatoms. The molecular formula is C15H20N2O3S. The van der Waals surface area contributed by atoms with E-state index in [4.69, 9.17) is 0 Å². The first-order chi connectivity index (χ1) is 10.0. The highest BCUT2D eigenvalue weighted by atomic mass is 32.2. The molecule has 1 aliphatic heterocycles. The van der Waals surface area contributed by atoms with Crippen LogP contribution < -0.4 is 9.62 Å². The zero-order valence-electron chi connectivity index (χ0n) is 12.1. The summed E-state index contributed by atoms with van der Waals surface area (Å²) in [6.45, 7) is 3.20. The Labute approximate surface area is 125 Å². The fourth-order valence-electron chi connectivity index (χ4n) is 2.16. The van der Waals surface area contributed by atoms with Gasteiger partial charge in [-0.25, -0.2) is 8.42 Å². The van der Waals surface area contributed by atoms with Gasteiger partial charge in [0.2, 0.25) is 15.9 Å². The van der Waals surface area contributed by atoms with Crippen LogP contribution in [-0.2, 0) is 14.8 Å². The van der Waals surface area contributed by atoms with E-state index in [9.17, 15) is 13.2 Å². The maximum absolute atomic E-state index is 11.8. The summed E-state index contributed by atoms with van der Waals surface area (Å²) in [7, 11) is -3.14. The van der Waals surface area contributed by atoms with Crippen LogP contribution in [0.3, 0.4) is 0 Å². The molecule has 21 heavy (non-hydrogen) atoms. The van der Waals surface area contributed by atoms with Gasteiger partial charge in [-0.2, -0.15) is 0 Å². The Bertz CT molecular complexity index is 621. The fourth-order valence-corrected chi connectivity index (χ4v) is 3.72. The number of hydrogen-bond donors (Lipinski definition) is 1. The van der Waals surface area contributed by atoms with Gasteiger partial charge in [-0.1, -0.05) is 19.1 Å². The highest BCUT2D eigenvalue weighted by Gasteiger charge is 2.28. The lowest BCUT2D eigenvalue weighted by Crippen LogP contribution is -2.24. The van der Waals surface area contributed by atoms with E-state index < -0.39 is 10.0 Å². The highest BCUT2D eigenvalue weighted by molar-refractivity contribution is 7.93. The minimum atomic E-state index is -3.14. The number of carbonyl (C=O) groups is 1. The molecule has 0 radical (unpaired) electrons. The lowest BCUT2D eigenvalue weighted by molar-refractivity contribution is -0.116. The molecule has 0 unspecified atom stereocenters. The number of benzene rings is 1. The van der Waals surface area contributed by atoms with Crippen molar-refractivity contribution in [1.29, 1.82) is 0 Å². The van der Waals surface area contributed by atoms with Gasteiger partial charge in [-0.05, 0) is 36.6 Å². The number of amides is 1. The normalized spacial score (nSPS) is 17.3. The Balaban J connectivity index is 2.02. The zero-order chi connectivity index (χ0) is 15.3. The molecule has 0 bridgehead atoms. The van der Waals surface area contributed by atoms with Gasteiger partial charge in [0.05, 0.1) is 11.4 Å². The van der Waals surface area contributed by atoms with Crippen LogP contribution in [0.1, 0.15) is 25.3 Å². The van der Waals surface area contributed by atoms with Crippen molar-refractivity contribution in [3.05, 3.63) is 35.9 Å². The summed E-state index contributed by atoms with van der Waals surface area (Å²) < 4.78 is 25.1. The van der Waals surface area contributed by atoms with Crippen LogP contribution in [0.15, 0.2) is 30.3 Å². The van der Waals surface area contributed by atoms with E-state index >= 15 is 0 Å². The summed E-state index contributed by atoms with van der Waals surface area (Å²) >= 11 is 0. The lowest BCUT2D eigenvalue weighted by atomic mass is 10.2. The quantitative estimate of drug-likeness (QED) is 0.843. The molecule has 1 N–H and O–H groups in total. The predicted octanol–water partition coefficient (Wildman–Crippen LogP) is 1.77. The van der Waals surface area contributed by atoms with E-state index in [0.717, 1.165) is 12.0 Å². The Morgan fingerprint density at radius 3 is 2.62 bits per heavy atom. The van der Waals surface area contributed by atoms with E-state index in [2.05, 4.69) is 5.32 Å². The van der Waals surface area contributed by atoms with Crippen molar-refractivity contribution in [1.82, 2.24) is 5.32 Å². The first-order valence-corrected chi connectivity index (χ1v) is 8.70. The zero-order valence-corrected chi connectivity index (χ0v) is 12.9. The number of anilines is 1. The predicted molar refractivity (Wildman–Crippen MR) is 84.5 cm³/mol. The molecule has 114 valence electrons. The molecule has 1 amide bonds. The van der Waals surface area contributed by atoms with Crippen LogP contribution in [0.4, 0.5) is 5.69 Å². The van der Waals surface area contributed by atoms with Gasteiger partial charge in [0.15, 0.2) is 0 Å². The third-order valence-electron chi connectivity index (χ3n) is 3.26. The van der Waals surface area contributed by atoms with E-state index in [-0.39, 0.29) is 11.7 Å². The SMILES string of the molecule is CCCNC(=O)/C=C/c1ccc(N2CCCS2(=O)=O)cc1. The van der Waals surface area contributed by atoms with Crippen LogP contribution in [0.5, 0.6) is 0 Å². The number of carbonyl (C=O) groups excluding carboxylic acids is 1. The van der Waals surface area contributed by atoms with E-state index in [0.29, 0.717) is 25.2 Å². The second-order valence-corrected chi connectivity index (χ2v) is 6.97. The van der Waals surface area contributed by atoms with Crippen LogP contribution in [-0.4, -0.2) is 33.2 Å². The second kappa shape index (κ2) is 6.76. The fraction of sp³-hybridized carbons (Fsp3) is 0.400. The van der Waals surface area contributed by atoms with Gasteiger partial charge in [-0.3, -0.25) is 9.10 Å². The van der Waals surface area contributed by atoms with Gasteiger partial charge >= 0.3 is 0 Å². The Kier molecular flexibility index (Phi) is 5.01. The van der Waals surface area contributed by atoms with Crippen molar-refractivity contribution in [3.8, 4) is 0 Å². The summed E-state index contributed by atoms with van der Waals surface area (Å²) in [4.78, 5) is 11.5. The maximum Gasteiger partial charge on any atom is 0.243 e. The van der Waals surface area contributed by atoms with E-state index in [1.54, 1.807) is 18.2 Å². The molecule has 0 saturated carbocycles. The summed E-state index contributed by atoms with van der Waals surface area (Å²) in [5, 5.41) is 2.76. The first kappa shape index (κ1) is 15.6. The number of rotatable bonds is 5. The minimum Gasteiger partial charge on any atom is -0.353 e. The molecule has 0 aliphatic carbocycles. The standard InChI is InChI=1S/C15H20N2O3S/c1-2-10-16-15(18)9-6-13-4-7-14(8-5-13)17-11-3-12-21(17,19)20/h4-9H,2-3,10-12H2,1H3,(H,16,18)/b9-6+. The van der Waals surface area contributed by atoms with Gasteiger partial charge < -0.3 is 5.32 Å². The highest BCUT2D eigenvalue weighted by Crippen LogP contribution is 2.24. The topological polar surface area (TPSA) is 66.5 Å². The molecule has 1 aromatic carbocycles. The molecule has 2 rings (SSSR count). The van der Waals surface area contributed by atoms with Crippen molar-refractivity contribution in [2.45, 2.75) is 19.8 Å². The summed E-state index contributed by atoms with van der Waals surface area (Å²) in [6, 6.07) is 7.17. The molecule has 0 spiro atoms. The number of nitrogens with zero attached hydrogens (tertiary/aromatic N) is 1. The average molecular weight is 308 g/mol. The molecule has 0 atom stereocenters. The van der Waals surface area contributed by atoms with Crippen LogP contribution >= 0.6 is 0 Å². The van der Waals surface area contributed by atoms with Gasteiger partial charge in [0, 0.05) is 19.2 Å². The second-order valence-electron chi connectivity index (χ2n) is 4.96. The van der Waals surface area contributed by atoms with Gasteiger partial charge in [0.1, 0.15) is 0 Å². The van der Waals surface area contributed by atoms with Crippen molar-refractivity contribution in [3.63, 3.8) is 0 Å². The van der Waals surface area contributed by atoms with Crippen molar-refractivity contribution in [2.75, 3.05) is 23.1 Å². The average Bonchev–Trinajstić information content (AvgIpc) is 2.83. The molecule has 1 saturated heterocycles.